The number of hydrogen-bond donors (Lipinski definition) is 3. The third-order valence-electron chi connectivity index (χ3n) is 5.04. The molecule has 1 aromatic carbocycles. The van der Waals surface area contributed by atoms with Crippen LogP contribution in [0.25, 0.3) is 0 Å². The molecule has 3 rings (SSSR count). The lowest BCUT2D eigenvalue weighted by Gasteiger charge is -2.28. The summed E-state index contributed by atoms with van der Waals surface area (Å²) in [4.78, 5) is 12.8. The Morgan fingerprint density at radius 1 is 1.40 bits per heavy atom. The number of benzene rings is 1. The van der Waals surface area contributed by atoms with Crippen molar-refractivity contribution in [3.8, 4) is 6.07 Å². The number of fused-ring (bicyclic) bond motifs is 1. The van der Waals surface area contributed by atoms with Gasteiger partial charge in [0.2, 0.25) is 10.0 Å². The molecule has 0 radical (unpaired) electrons. The van der Waals surface area contributed by atoms with Gasteiger partial charge in [-0.15, -0.1) is 0 Å². The van der Waals surface area contributed by atoms with E-state index in [2.05, 4.69) is 10.0 Å². The Hall–Kier alpha value is -2.81. The second-order valence-electron chi connectivity index (χ2n) is 7.65. The number of sulfonamides is 1. The fourth-order valence-electron chi connectivity index (χ4n) is 3.45. The van der Waals surface area contributed by atoms with Gasteiger partial charge in [-0.25, -0.2) is 21.9 Å². The average molecular weight is 438 g/mol. The summed E-state index contributed by atoms with van der Waals surface area (Å²) < 4.78 is 57.1. The Morgan fingerprint density at radius 3 is 2.67 bits per heavy atom. The molecule has 0 fully saturated rings. The molecule has 2 aromatic rings. The zero-order chi connectivity index (χ0) is 22.4. The van der Waals surface area contributed by atoms with E-state index in [1.165, 1.54) is 37.7 Å². The van der Waals surface area contributed by atoms with Gasteiger partial charge in [0.1, 0.15) is 28.0 Å². The van der Waals surface area contributed by atoms with E-state index in [0.29, 0.717) is 0 Å². The van der Waals surface area contributed by atoms with Gasteiger partial charge in [0.25, 0.3) is 5.91 Å². The first-order valence-corrected chi connectivity index (χ1v) is 10.5. The van der Waals surface area contributed by atoms with Crippen LogP contribution in [-0.4, -0.2) is 35.6 Å². The van der Waals surface area contributed by atoms with Crippen LogP contribution in [0.4, 0.5) is 14.5 Å². The standard InChI is InChI=1S/C19H20F2N4O4S/c1-19(2,27)15-7-4-10-14(30(28,29)24-15)9-25(3)17(10)18(26)23-13-6-5-12(20)11(8-22)16(13)21/h5-6,9,15,24,27H,4,7H2,1-3H3,(H,23,26). The fourth-order valence-corrected chi connectivity index (χ4v) is 5.17. The molecule has 0 saturated carbocycles. The lowest BCUT2D eigenvalue weighted by Crippen LogP contribution is -2.48. The lowest BCUT2D eigenvalue weighted by molar-refractivity contribution is 0.0434. The number of amides is 1. The number of aromatic nitrogens is 1. The Balaban J connectivity index is 2.02. The molecule has 1 atom stereocenters. The number of nitrogens with zero attached hydrogens (tertiary/aromatic N) is 2. The van der Waals surface area contributed by atoms with Gasteiger partial charge in [0, 0.05) is 18.8 Å². The molecule has 30 heavy (non-hydrogen) atoms. The molecule has 160 valence electrons. The number of aryl methyl sites for hydroxylation is 1. The summed E-state index contributed by atoms with van der Waals surface area (Å²) >= 11 is 0. The smallest absolute Gasteiger partial charge is 0.272 e. The SMILES string of the molecule is Cn1cc2c(c1C(=O)Nc1ccc(F)c(C#N)c1F)CCC(C(C)(C)O)NS2(=O)=O. The first kappa shape index (κ1) is 21.9. The van der Waals surface area contributed by atoms with E-state index >= 15 is 0 Å². The molecule has 1 aliphatic rings. The van der Waals surface area contributed by atoms with Crippen LogP contribution in [0.2, 0.25) is 0 Å². The molecule has 1 aromatic heterocycles. The van der Waals surface area contributed by atoms with Crippen LogP contribution in [0.1, 0.15) is 41.9 Å². The molecule has 0 saturated heterocycles. The number of nitrogens with one attached hydrogen (secondary N) is 2. The second-order valence-corrected chi connectivity index (χ2v) is 9.33. The van der Waals surface area contributed by atoms with Crippen LogP contribution in [0.15, 0.2) is 23.2 Å². The third kappa shape index (κ3) is 3.81. The van der Waals surface area contributed by atoms with Crippen molar-refractivity contribution in [2.24, 2.45) is 7.05 Å². The highest BCUT2D eigenvalue weighted by atomic mass is 32.2. The first-order valence-electron chi connectivity index (χ1n) is 8.99. The molecular formula is C19H20F2N4O4S. The van der Waals surface area contributed by atoms with Gasteiger partial charge in [0.05, 0.1) is 17.3 Å². The first-order chi connectivity index (χ1) is 13.9. The highest BCUT2D eigenvalue weighted by Gasteiger charge is 2.38. The summed E-state index contributed by atoms with van der Waals surface area (Å²) in [5.74, 6) is -3.09. The van der Waals surface area contributed by atoms with Crippen molar-refractivity contribution in [3.63, 3.8) is 0 Å². The van der Waals surface area contributed by atoms with Gasteiger partial charge in [-0.1, -0.05) is 0 Å². The van der Waals surface area contributed by atoms with Gasteiger partial charge in [-0.3, -0.25) is 4.79 Å². The maximum absolute atomic E-state index is 14.3. The molecule has 3 N–H and O–H groups in total. The Morgan fingerprint density at radius 2 is 2.07 bits per heavy atom. The molecule has 2 heterocycles. The number of hydrogen-bond acceptors (Lipinski definition) is 5. The minimum absolute atomic E-state index is 0.0194. The van der Waals surface area contributed by atoms with Crippen molar-refractivity contribution in [3.05, 3.63) is 46.8 Å². The van der Waals surface area contributed by atoms with Crippen LogP contribution in [0.3, 0.4) is 0 Å². The number of nitriles is 1. The van der Waals surface area contributed by atoms with E-state index in [1.807, 2.05) is 0 Å². The summed E-state index contributed by atoms with van der Waals surface area (Å²) in [5.41, 5.74) is -2.37. The summed E-state index contributed by atoms with van der Waals surface area (Å²) in [7, 11) is -2.55. The van der Waals surface area contributed by atoms with Crippen molar-refractivity contribution in [1.29, 1.82) is 5.26 Å². The zero-order valence-corrected chi connectivity index (χ0v) is 17.3. The minimum atomic E-state index is -4.02. The molecule has 1 unspecified atom stereocenters. The molecule has 0 aliphatic carbocycles. The zero-order valence-electron chi connectivity index (χ0n) is 16.5. The molecular weight excluding hydrogens is 418 g/mol. The fraction of sp³-hybridized carbons (Fsp3) is 0.368. The van der Waals surface area contributed by atoms with Crippen molar-refractivity contribution >= 4 is 21.6 Å². The predicted molar refractivity (Wildman–Crippen MR) is 103 cm³/mol. The number of carbonyl (C=O) groups excluding carboxylic acids is 1. The van der Waals surface area contributed by atoms with Gasteiger partial charge < -0.3 is 15.0 Å². The van der Waals surface area contributed by atoms with Crippen LogP contribution >= 0.6 is 0 Å². The minimum Gasteiger partial charge on any atom is -0.389 e. The average Bonchev–Trinajstić information content (AvgIpc) is 2.91. The van der Waals surface area contributed by atoms with Gasteiger partial charge in [-0.05, 0) is 38.8 Å². The maximum Gasteiger partial charge on any atom is 0.272 e. The number of anilines is 1. The normalized spacial score (nSPS) is 18.2. The Kier molecular flexibility index (Phi) is 5.44. The lowest BCUT2D eigenvalue weighted by atomic mass is 9.93. The van der Waals surface area contributed by atoms with E-state index in [9.17, 15) is 27.1 Å². The highest BCUT2D eigenvalue weighted by molar-refractivity contribution is 7.89. The maximum atomic E-state index is 14.3. The van der Waals surface area contributed by atoms with Crippen LogP contribution < -0.4 is 10.0 Å². The number of carbonyl (C=O) groups is 1. The van der Waals surface area contributed by atoms with Gasteiger partial charge >= 0.3 is 0 Å². The largest absolute Gasteiger partial charge is 0.389 e. The summed E-state index contributed by atoms with van der Waals surface area (Å²) in [6.45, 7) is 2.96. The number of halogens is 2. The number of rotatable bonds is 3. The summed E-state index contributed by atoms with van der Waals surface area (Å²) in [5, 5.41) is 21.4. The van der Waals surface area contributed by atoms with Crippen LogP contribution in [0.5, 0.6) is 0 Å². The molecule has 8 nitrogen and oxygen atoms in total. The molecule has 1 aliphatic heterocycles. The topological polar surface area (TPSA) is 124 Å². The number of aliphatic hydroxyl groups is 1. The van der Waals surface area contributed by atoms with Gasteiger partial charge in [-0.2, -0.15) is 5.26 Å². The Bertz CT molecular complexity index is 1180. The second kappa shape index (κ2) is 7.46. The van der Waals surface area contributed by atoms with E-state index in [4.69, 9.17) is 5.26 Å². The monoisotopic (exact) mass is 438 g/mol. The highest BCUT2D eigenvalue weighted by Crippen LogP contribution is 2.30. The molecule has 11 heteroatoms. The molecule has 1 amide bonds. The van der Waals surface area contributed by atoms with Gasteiger partial charge in [0.15, 0.2) is 5.82 Å². The van der Waals surface area contributed by atoms with Crippen molar-refractivity contribution in [2.45, 2.75) is 43.2 Å². The van der Waals surface area contributed by atoms with Crippen molar-refractivity contribution in [1.82, 2.24) is 9.29 Å². The predicted octanol–water partition coefficient (Wildman–Crippen LogP) is 1.79. The summed E-state index contributed by atoms with van der Waals surface area (Å²) in [6, 6.07) is 2.45. The van der Waals surface area contributed by atoms with Crippen molar-refractivity contribution < 1.29 is 27.1 Å². The van der Waals surface area contributed by atoms with E-state index < -0.39 is 50.5 Å². The summed E-state index contributed by atoms with van der Waals surface area (Å²) in [6.07, 6.45) is 1.65. The van der Waals surface area contributed by atoms with Crippen molar-refractivity contribution in [2.75, 3.05) is 5.32 Å². The molecule has 0 spiro atoms. The quantitative estimate of drug-likeness (QED) is 0.674. The third-order valence-corrected chi connectivity index (χ3v) is 6.56. The van der Waals surface area contributed by atoms with E-state index in [0.717, 1.165) is 12.1 Å². The van der Waals surface area contributed by atoms with Crippen LogP contribution in [0, 0.1) is 23.0 Å². The Labute approximate surface area is 172 Å². The van der Waals surface area contributed by atoms with E-state index in [-0.39, 0.29) is 29.0 Å². The van der Waals surface area contributed by atoms with E-state index in [1.54, 1.807) is 0 Å². The van der Waals surface area contributed by atoms with Crippen LogP contribution in [-0.2, 0) is 23.5 Å². The molecule has 0 bridgehead atoms.